The third-order valence-electron chi connectivity index (χ3n) is 4.39. The van der Waals surface area contributed by atoms with Crippen LogP contribution in [0.2, 0.25) is 5.02 Å². The minimum atomic E-state index is -0.0142. The zero-order valence-electron chi connectivity index (χ0n) is 14.5. The van der Waals surface area contributed by atoms with Gasteiger partial charge in [-0.1, -0.05) is 29.8 Å². The lowest BCUT2D eigenvalue weighted by Crippen LogP contribution is -2.37. The van der Waals surface area contributed by atoms with Crippen molar-refractivity contribution in [3.63, 3.8) is 0 Å². The van der Waals surface area contributed by atoms with E-state index < -0.39 is 0 Å². The van der Waals surface area contributed by atoms with Gasteiger partial charge in [-0.2, -0.15) is 0 Å². The van der Waals surface area contributed by atoms with Gasteiger partial charge in [0.05, 0.1) is 25.9 Å². The number of aliphatic hydroxyl groups is 1. The molecule has 1 aliphatic heterocycles. The Kier molecular flexibility index (Phi) is 6.32. The van der Waals surface area contributed by atoms with Gasteiger partial charge in [0.25, 0.3) is 0 Å². The van der Waals surface area contributed by atoms with Crippen LogP contribution in [0.15, 0.2) is 42.5 Å². The third-order valence-corrected chi connectivity index (χ3v) is 4.65. The molecule has 0 radical (unpaired) electrons. The summed E-state index contributed by atoms with van der Waals surface area (Å²) in [6.07, 6.45) is 0.0611. The molecule has 0 saturated carbocycles. The highest BCUT2D eigenvalue weighted by Crippen LogP contribution is 2.26. The Morgan fingerprint density at radius 3 is 2.76 bits per heavy atom. The first-order valence-electron chi connectivity index (χ1n) is 8.64. The molecule has 2 aromatic rings. The van der Waals surface area contributed by atoms with Crippen molar-refractivity contribution in [2.75, 3.05) is 26.3 Å². The fourth-order valence-corrected chi connectivity index (χ4v) is 3.26. The van der Waals surface area contributed by atoms with Crippen LogP contribution in [0.5, 0.6) is 5.75 Å². The van der Waals surface area contributed by atoms with E-state index in [0.29, 0.717) is 13.2 Å². The molecule has 0 spiro atoms. The Labute approximate surface area is 153 Å². The zero-order valence-corrected chi connectivity index (χ0v) is 15.2. The van der Waals surface area contributed by atoms with E-state index in [1.165, 1.54) is 5.56 Å². The van der Waals surface area contributed by atoms with Crippen LogP contribution in [0.25, 0.3) is 0 Å². The highest BCUT2D eigenvalue weighted by atomic mass is 35.5. The standard InChI is InChI=1S/C20H24ClNO3/c1-2-24-19-8-3-15(11-17(19)14-23)12-22-9-10-25-20(13-22)16-4-6-18(21)7-5-16/h3-8,11,20,23H,2,9-10,12-14H2,1H3/t20-/m0/s1. The van der Waals surface area contributed by atoms with Crippen LogP contribution in [0.3, 0.4) is 0 Å². The van der Waals surface area contributed by atoms with Crippen LogP contribution in [-0.4, -0.2) is 36.3 Å². The summed E-state index contributed by atoms with van der Waals surface area (Å²) in [5.74, 6) is 0.759. The van der Waals surface area contributed by atoms with E-state index >= 15 is 0 Å². The topological polar surface area (TPSA) is 41.9 Å². The second kappa shape index (κ2) is 8.68. The van der Waals surface area contributed by atoms with Crippen LogP contribution >= 0.6 is 11.6 Å². The van der Waals surface area contributed by atoms with Gasteiger partial charge < -0.3 is 14.6 Å². The molecule has 5 heteroatoms. The molecule has 1 saturated heterocycles. The number of benzene rings is 2. The maximum Gasteiger partial charge on any atom is 0.124 e. The second-order valence-corrected chi connectivity index (χ2v) is 6.62. The minimum absolute atomic E-state index is 0.0142. The molecule has 0 amide bonds. The Morgan fingerprint density at radius 2 is 2.04 bits per heavy atom. The summed E-state index contributed by atoms with van der Waals surface area (Å²) in [6.45, 7) is 5.79. The number of hydrogen-bond acceptors (Lipinski definition) is 4. The van der Waals surface area contributed by atoms with Crippen molar-refractivity contribution in [2.45, 2.75) is 26.2 Å². The first kappa shape index (κ1) is 18.2. The highest BCUT2D eigenvalue weighted by Gasteiger charge is 2.22. The van der Waals surface area contributed by atoms with Crippen molar-refractivity contribution < 1.29 is 14.6 Å². The summed E-state index contributed by atoms with van der Waals surface area (Å²) < 4.78 is 11.5. The summed E-state index contributed by atoms with van der Waals surface area (Å²) in [4.78, 5) is 2.37. The molecule has 0 bridgehead atoms. The Hall–Kier alpha value is -1.59. The lowest BCUT2D eigenvalue weighted by Gasteiger charge is -2.33. The van der Waals surface area contributed by atoms with Gasteiger partial charge in [0.1, 0.15) is 5.75 Å². The largest absolute Gasteiger partial charge is 0.494 e. The number of aliphatic hydroxyl groups excluding tert-OH is 1. The van der Waals surface area contributed by atoms with Crippen molar-refractivity contribution in [3.8, 4) is 5.75 Å². The van der Waals surface area contributed by atoms with Gasteiger partial charge >= 0.3 is 0 Å². The summed E-state index contributed by atoms with van der Waals surface area (Å²) in [7, 11) is 0. The average molecular weight is 362 g/mol. The highest BCUT2D eigenvalue weighted by molar-refractivity contribution is 6.30. The smallest absolute Gasteiger partial charge is 0.124 e. The lowest BCUT2D eigenvalue weighted by molar-refractivity contribution is -0.0329. The minimum Gasteiger partial charge on any atom is -0.494 e. The van der Waals surface area contributed by atoms with E-state index in [-0.39, 0.29) is 12.7 Å². The molecule has 2 aromatic carbocycles. The number of hydrogen-bond donors (Lipinski definition) is 1. The van der Waals surface area contributed by atoms with Crippen LogP contribution in [0.4, 0.5) is 0 Å². The van der Waals surface area contributed by atoms with E-state index in [2.05, 4.69) is 11.0 Å². The van der Waals surface area contributed by atoms with Crippen molar-refractivity contribution in [1.29, 1.82) is 0 Å². The molecule has 1 N–H and O–H groups in total. The molecule has 1 atom stereocenters. The van der Waals surface area contributed by atoms with Gasteiger partial charge in [0.15, 0.2) is 0 Å². The van der Waals surface area contributed by atoms with Gasteiger partial charge in [-0.15, -0.1) is 0 Å². The number of nitrogens with zero attached hydrogens (tertiary/aromatic N) is 1. The van der Waals surface area contributed by atoms with E-state index in [9.17, 15) is 5.11 Å². The van der Waals surface area contributed by atoms with Gasteiger partial charge in [-0.3, -0.25) is 4.90 Å². The van der Waals surface area contributed by atoms with Crippen molar-refractivity contribution in [3.05, 3.63) is 64.2 Å². The van der Waals surface area contributed by atoms with E-state index in [1.54, 1.807) is 0 Å². The SMILES string of the molecule is CCOc1ccc(CN2CCO[C@H](c3ccc(Cl)cc3)C2)cc1CO. The Balaban J connectivity index is 1.67. The first-order valence-corrected chi connectivity index (χ1v) is 9.02. The lowest BCUT2D eigenvalue weighted by atomic mass is 10.1. The third kappa shape index (κ3) is 4.73. The summed E-state index contributed by atoms with van der Waals surface area (Å²) >= 11 is 5.97. The summed E-state index contributed by atoms with van der Waals surface area (Å²) in [6, 6.07) is 13.9. The van der Waals surface area contributed by atoms with Crippen LogP contribution in [0, 0.1) is 0 Å². The predicted molar refractivity (Wildman–Crippen MR) is 99.0 cm³/mol. The molecule has 134 valence electrons. The van der Waals surface area contributed by atoms with E-state index in [4.69, 9.17) is 21.1 Å². The molecular formula is C20H24ClNO3. The molecule has 25 heavy (non-hydrogen) atoms. The molecule has 0 aromatic heterocycles. The molecule has 0 unspecified atom stereocenters. The van der Waals surface area contributed by atoms with Gasteiger partial charge in [0.2, 0.25) is 0 Å². The van der Waals surface area contributed by atoms with Crippen molar-refractivity contribution in [1.82, 2.24) is 4.90 Å². The number of ether oxygens (including phenoxy) is 2. The predicted octanol–water partition coefficient (Wildman–Crippen LogP) is 3.80. The van der Waals surface area contributed by atoms with Crippen LogP contribution < -0.4 is 4.74 Å². The monoisotopic (exact) mass is 361 g/mol. The quantitative estimate of drug-likeness (QED) is 0.849. The fraction of sp³-hybridized carbons (Fsp3) is 0.400. The molecule has 4 nitrogen and oxygen atoms in total. The number of halogens is 1. The molecule has 0 aliphatic carbocycles. The maximum atomic E-state index is 9.56. The first-order chi connectivity index (χ1) is 12.2. The van der Waals surface area contributed by atoms with E-state index in [0.717, 1.165) is 41.5 Å². The van der Waals surface area contributed by atoms with Gasteiger partial charge in [-0.25, -0.2) is 0 Å². The Morgan fingerprint density at radius 1 is 1.24 bits per heavy atom. The summed E-state index contributed by atoms with van der Waals surface area (Å²) in [5.41, 5.74) is 3.16. The second-order valence-electron chi connectivity index (χ2n) is 6.18. The van der Waals surface area contributed by atoms with Crippen molar-refractivity contribution >= 4 is 11.6 Å². The van der Waals surface area contributed by atoms with Gasteiger partial charge in [0, 0.05) is 30.2 Å². The average Bonchev–Trinajstić information content (AvgIpc) is 2.64. The Bertz CT molecular complexity index is 690. The number of morpholine rings is 1. The van der Waals surface area contributed by atoms with Crippen molar-refractivity contribution in [2.24, 2.45) is 0 Å². The molecule has 1 aliphatic rings. The maximum absolute atomic E-state index is 9.56. The molecule has 1 heterocycles. The normalized spacial score (nSPS) is 18.3. The fourth-order valence-electron chi connectivity index (χ4n) is 3.13. The summed E-state index contributed by atoms with van der Waals surface area (Å²) in [5, 5.41) is 10.3. The van der Waals surface area contributed by atoms with Crippen LogP contribution in [-0.2, 0) is 17.9 Å². The van der Waals surface area contributed by atoms with E-state index in [1.807, 2.05) is 43.3 Å². The van der Waals surface area contributed by atoms with Crippen LogP contribution in [0.1, 0.15) is 29.7 Å². The molecular weight excluding hydrogens is 338 g/mol. The molecule has 3 rings (SSSR count). The number of rotatable bonds is 6. The molecule has 1 fully saturated rings. The zero-order chi connectivity index (χ0) is 17.6. The van der Waals surface area contributed by atoms with Gasteiger partial charge in [-0.05, 0) is 42.3 Å².